The summed E-state index contributed by atoms with van der Waals surface area (Å²) in [6.07, 6.45) is 7.11. The topological polar surface area (TPSA) is 68.3 Å². The van der Waals surface area contributed by atoms with E-state index in [1.807, 2.05) is 31.6 Å². The van der Waals surface area contributed by atoms with Crippen LogP contribution in [0.5, 0.6) is 0 Å². The standard InChI is InChI=1S/C19H21N3O2S/c1-22-18-6-2-14(9-15(18)3-7-19(22)23)16-8-13(10-20-12-16)11-21-25(24)17-4-5-17/h2,6,8-10,12,17,21H,3-5,7,11H2,1H3. The van der Waals surface area contributed by atoms with Crippen molar-refractivity contribution in [1.29, 1.82) is 0 Å². The summed E-state index contributed by atoms with van der Waals surface area (Å²) in [5, 5.41) is 0.330. The quantitative estimate of drug-likeness (QED) is 0.837. The van der Waals surface area contributed by atoms with Crippen molar-refractivity contribution in [3.63, 3.8) is 0 Å². The molecule has 2 aliphatic rings. The molecule has 1 aromatic carbocycles. The zero-order chi connectivity index (χ0) is 17.4. The summed E-state index contributed by atoms with van der Waals surface area (Å²) in [7, 11) is 1.83. The number of anilines is 1. The van der Waals surface area contributed by atoms with Crippen molar-refractivity contribution >= 4 is 23.0 Å². The Hall–Kier alpha value is -1.89. The Morgan fingerprint density at radius 3 is 2.88 bits per heavy atom. The number of pyridine rings is 1. The minimum atomic E-state index is -0.937. The van der Waals surface area contributed by atoms with Gasteiger partial charge in [0.15, 0.2) is 0 Å². The molecule has 1 unspecified atom stereocenters. The molecule has 2 aromatic rings. The summed E-state index contributed by atoms with van der Waals surface area (Å²) in [5.41, 5.74) is 5.35. The van der Waals surface area contributed by atoms with Gasteiger partial charge in [0.1, 0.15) is 5.25 Å². The van der Waals surface area contributed by atoms with E-state index in [-0.39, 0.29) is 5.91 Å². The Kier molecular flexibility index (Phi) is 4.50. The summed E-state index contributed by atoms with van der Waals surface area (Å²) in [5.74, 6) is 0.165. The molecule has 2 heterocycles. The predicted octanol–water partition coefficient (Wildman–Crippen LogP) is 2.57. The lowest BCUT2D eigenvalue weighted by atomic mass is 9.96. The lowest BCUT2D eigenvalue weighted by Crippen LogP contribution is -2.30. The average molecular weight is 355 g/mol. The second-order valence-electron chi connectivity index (χ2n) is 6.70. The molecule has 1 atom stereocenters. The van der Waals surface area contributed by atoms with E-state index in [2.05, 4.69) is 21.8 Å². The molecule has 4 rings (SSSR count). The van der Waals surface area contributed by atoms with Crippen molar-refractivity contribution in [2.24, 2.45) is 0 Å². The van der Waals surface area contributed by atoms with Crippen LogP contribution in [-0.4, -0.2) is 27.7 Å². The highest BCUT2D eigenvalue weighted by Crippen LogP contribution is 2.31. The first-order valence-electron chi connectivity index (χ1n) is 8.59. The number of aryl methyl sites for hydroxylation is 1. The van der Waals surface area contributed by atoms with Crippen LogP contribution >= 0.6 is 0 Å². The van der Waals surface area contributed by atoms with Crippen LogP contribution in [-0.2, 0) is 29.1 Å². The van der Waals surface area contributed by atoms with Crippen LogP contribution in [0.3, 0.4) is 0 Å². The van der Waals surface area contributed by atoms with Gasteiger partial charge in [0, 0.05) is 61.3 Å². The van der Waals surface area contributed by atoms with Crippen molar-refractivity contribution in [2.75, 3.05) is 11.9 Å². The molecule has 6 heteroatoms. The molecule has 0 spiro atoms. The molecule has 0 saturated heterocycles. The lowest BCUT2D eigenvalue weighted by Gasteiger charge is -2.26. The summed E-state index contributed by atoms with van der Waals surface area (Å²) in [6, 6.07) is 8.28. The molecule has 1 aliphatic heterocycles. The van der Waals surface area contributed by atoms with Crippen LogP contribution in [0.15, 0.2) is 36.7 Å². The molecule has 0 radical (unpaired) electrons. The van der Waals surface area contributed by atoms with Crippen molar-refractivity contribution in [1.82, 2.24) is 9.71 Å². The number of rotatable bonds is 5. The minimum absolute atomic E-state index is 0.165. The maximum absolute atomic E-state index is 11.9. The highest BCUT2D eigenvalue weighted by atomic mass is 32.2. The molecule has 1 fully saturated rings. The van der Waals surface area contributed by atoms with E-state index in [0.29, 0.717) is 18.2 Å². The second-order valence-corrected chi connectivity index (χ2v) is 8.25. The fraction of sp³-hybridized carbons (Fsp3) is 0.368. The van der Waals surface area contributed by atoms with Crippen molar-refractivity contribution < 1.29 is 9.35 Å². The van der Waals surface area contributed by atoms with Gasteiger partial charge in [0.25, 0.3) is 0 Å². The summed E-state index contributed by atoms with van der Waals surface area (Å²) < 4.78 is 15.0. The van der Waals surface area contributed by atoms with Gasteiger partial charge in [-0.3, -0.25) is 9.78 Å². The summed E-state index contributed by atoms with van der Waals surface area (Å²) in [6.45, 7) is 0.562. The van der Waals surface area contributed by atoms with Crippen LogP contribution in [0, 0.1) is 0 Å². The van der Waals surface area contributed by atoms with E-state index in [1.54, 1.807) is 4.90 Å². The molecular formula is C19H21N3O2S. The molecule has 25 heavy (non-hydrogen) atoms. The largest absolute Gasteiger partial charge is 0.598 e. The predicted molar refractivity (Wildman–Crippen MR) is 99.4 cm³/mol. The number of carbonyl (C=O) groups excluding carboxylic acids is 1. The van der Waals surface area contributed by atoms with Gasteiger partial charge >= 0.3 is 0 Å². The van der Waals surface area contributed by atoms with Gasteiger partial charge in [-0.05, 0) is 41.3 Å². The van der Waals surface area contributed by atoms with Crippen LogP contribution < -0.4 is 9.62 Å². The van der Waals surface area contributed by atoms with Gasteiger partial charge < -0.3 is 9.45 Å². The SMILES string of the molecule is CN1C(=O)CCc2cc(-c3cncc(CN[S+]([O-])C4CC4)c3)ccc21. The average Bonchev–Trinajstić information content (AvgIpc) is 3.48. The Bertz CT molecular complexity index is 807. The molecule has 5 nitrogen and oxygen atoms in total. The number of hydrogen-bond donors (Lipinski definition) is 1. The fourth-order valence-corrected chi connectivity index (χ4v) is 4.24. The number of carbonyl (C=O) groups is 1. The smallest absolute Gasteiger partial charge is 0.227 e. The number of nitrogens with zero attached hydrogens (tertiary/aromatic N) is 2. The van der Waals surface area contributed by atoms with E-state index in [9.17, 15) is 9.35 Å². The summed E-state index contributed by atoms with van der Waals surface area (Å²) in [4.78, 5) is 17.9. The number of amides is 1. The zero-order valence-corrected chi connectivity index (χ0v) is 15.0. The van der Waals surface area contributed by atoms with Crippen molar-refractivity contribution in [3.05, 3.63) is 47.8 Å². The van der Waals surface area contributed by atoms with Gasteiger partial charge in [-0.15, -0.1) is 4.72 Å². The Morgan fingerprint density at radius 1 is 1.24 bits per heavy atom. The molecule has 1 saturated carbocycles. The van der Waals surface area contributed by atoms with Gasteiger partial charge in [-0.1, -0.05) is 6.07 Å². The number of fused-ring (bicyclic) bond motifs is 1. The van der Waals surface area contributed by atoms with E-state index >= 15 is 0 Å². The van der Waals surface area contributed by atoms with E-state index in [4.69, 9.17) is 0 Å². The normalized spacial score (nSPS) is 18.2. The third kappa shape index (κ3) is 3.56. The molecule has 130 valence electrons. The first-order chi connectivity index (χ1) is 12.1. The highest BCUT2D eigenvalue weighted by Gasteiger charge is 2.34. The van der Waals surface area contributed by atoms with Crippen LogP contribution in [0.25, 0.3) is 11.1 Å². The molecular weight excluding hydrogens is 334 g/mol. The molecule has 1 N–H and O–H groups in total. The lowest BCUT2D eigenvalue weighted by molar-refractivity contribution is -0.118. The Labute approximate surface area is 150 Å². The zero-order valence-electron chi connectivity index (χ0n) is 14.2. The Balaban J connectivity index is 1.53. The van der Waals surface area contributed by atoms with Crippen LogP contribution in [0.1, 0.15) is 30.4 Å². The first kappa shape index (κ1) is 16.6. The van der Waals surface area contributed by atoms with Crippen molar-refractivity contribution in [3.8, 4) is 11.1 Å². The molecule has 1 amide bonds. The summed E-state index contributed by atoms with van der Waals surface area (Å²) >= 11 is -0.937. The minimum Gasteiger partial charge on any atom is -0.598 e. The molecule has 1 aromatic heterocycles. The fourth-order valence-electron chi connectivity index (χ4n) is 3.13. The second kappa shape index (κ2) is 6.78. The molecule has 0 bridgehead atoms. The number of benzene rings is 1. The van der Waals surface area contributed by atoms with Crippen LogP contribution in [0.4, 0.5) is 5.69 Å². The highest BCUT2D eigenvalue weighted by molar-refractivity contribution is 7.90. The van der Waals surface area contributed by atoms with Crippen molar-refractivity contribution in [2.45, 2.75) is 37.5 Å². The van der Waals surface area contributed by atoms with E-state index in [0.717, 1.165) is 41.6 Å². The van der Waals surface area contributed by atoms with E-state index < -0.39 is 11.4 Å². The monoisotopic (exact) mass is 355 g/mol. The third-order valence-electron chi connectivity index (χ3n) is 4.80. The Morgan fingerprint density at radius 2 is 2.08 bits per heavy atom. The number of aromatic nitrogens is 1. The number of hydrogen-bond acceptors (Lipinski definition) is 4. The van der Waals surface area contributed by atoms with E-state index in [1.165, 1.54) is 5.56 Å². The maximum atomic E-state index is 11.9. The van der Waals surface area contributed by atoms with Gasteiger partial charge in [-0.2, -0.15) is 0 Å². The van der Waals surface area contributed by atoms with Gasteiger partial charge in [0.05, 0.1) is 6.54 Å². The maximum Gasteiger partial charge on any atom is 0.227 e. The van der Waals surface area contributed by atoms with Crippen LogP contribution in [0.2, 0.25) is 0 Å². The first-order valence-corrected chi connectivity index (χ1v) is 9.81. The van der Waals surface area contributed by atoms with Gasteiger partial charge in [0.2, 0.25) is 5.91 Å². The van der Waals surface area contributed by atoms with Gasteiger partial charge in [-0.25, -0.2) is 0 Å². The molecule has 1 aliphatic carbocycles. The number of nitrogens with one attached hydrogen (secondary N) is 1. The third-order valence-corrected chi connectivity index (χ3v) is 6.30.